The van der Waals surface area contributed by atoms with Crippen LogP contribution in [0.2, 0.25) is 5.02 Å². The molecule has 1 fully saturated rings. The zero-order chi connectivity index (χ0) is 25.7. The number of Topliss-reactive ketones (excluding diaryl/α,β-unsaturated/α-hetero) is 1. The Morgan fingerprint density at radius 2 is 1.74 bits per heavy atom. The first-order valence-electron chi connectivity index (χ1n) is 11.1. The van der Waals surface area contributed by atoms with Crippen LogP contribution in [0.15, 0.2) is 36.4 Å². The Hall–Kier alpha value is -2.29. The fourth-order valence-electron chi connectivity index (χ4n) is 4.02. The molecule has 0 saturated carbocycles. The molecule has 0 bridgehead atoms. The predicted octanol–water partition coefficient (Wildman–Crippen LogP) is 5.13. The van der Waals surface area contributed by atoms with E-state index in [9.17, 15) is 19.2 Å². The van der Waals surface area contributed by atoms with E-state index in [1.807, 2.05) is 32.9 Å². The zero-order valence-corrected chi connectivity index (χ0v) is 22.5. The van der Waals surface area contributed by atoms with Crippen molar-refractivity contribution in [1.29, 1.82) is 0 Å². The second-order valence-electron chi connectivity index (χ2n) is 8.54. The van der Waals surface area contributed by atoms with Gasteiger partial charge in [-0.25, -0.2) is 4.79 Å². The van der Waals surface area contributed by atoms with Gasteiger partial charge in [-0.15, -0.1) is 11.8 Å². The molecule has 0 radical (unpaired) electrons. The molecule has 0 aromatic heterocycles. The van der Waals surface area contributed by atoms with Gasteiger partial charge < -0.3 is 9.64 Å². The Labute approximate surface area is 219 Å². The van der Waals surface area contributed by atoms with Gasteiger partial charge in [0.25, 0.3) is 0 Å². The van der Waals surface area contributed by atoms with Gasteiger partial charge in [0.1, 0.15) is 12.6 Å². The molecule has 186 valence electrons. The number of thioether (sulfide) groups is 2. The number of ether oxygens (including phenoxy) is 1. The molecule has 0 aliphatic carbocycles. The fraction of sp³-hybridized carbons (Fsp3) is 0.385. The van der Waals surface area contributed by atoms with E-state index in [0.717, 1.165) is 34.0 Å². The topological polar surface area (TPSA) is 80.8 Å². The quantitative estimate of drug-likeness (QED) is 0.343. The molecule has 3 rings (SSSR count). The van der Waals surface area contributed by atoms with E-state index in [2.05, 4.69) is 0 Å². The van der Waals surface area contributed by atoms with Gasteiger partial charge in [0.2, 0.25) is 5.91 Å². The molecule has 2 unspecified atom stereocenters. The minimum absolute atomic E-state index is 0.126. The van der Waals surface area contributed by atoms with E-state index in [4.69, 9.17) is 16.3 Å². The Kier molecular flexibility index (Phi) is 9.44. The van der Waals surface area contributed by atoms with Crippen molar-refractivity contribution in [3.05, 3.63) is 69.2 Å². The third-order valence-electron chi connectivity index (χ3n) is 5.76. The SMILES string of the molecule is CC(=O)SC(CC(=O)c1ccc(Cl)cc1)C(=O)N1CSCC1C(=O)OCc1c(C)cc(C)cc1C. The summed E-state index contributed by atoms with van der Waals surface area (Å²) >= 11 is 8.15. The molecular weight excluding hydrogens is 506 g/mol. The summed E-state index contributed by atoms with van der Waals surface area (Å²) in [6.45, 7) is 7.45. The number of hydrogen-bond donors (Lipinski definition) is 0. The van der Waals surface area contributed by atoms with Crippen LogP contribution in [-0.4, -0.2) is 50.6 Å². The monoisotopic (exact) mass is 533 g/mol. The maximum absolute atomic E-state index is 13.4. The van der Waals surface area contributed by atoms with Crippen molar-refractivity contribution in [3.63, 3.8) is 0 Å². The highest BCUT2D eigenvalue weighted by molar-refractivity contribution is 8.14. The van der Waals surface area contributed by atoms with E-state index in [0.29, 0.717) is 22.2 Å². The number of ketones is 1. The number of halogens is 1. The molecule has 1 aliphatic rings. The molecule has 1 saturated heterocycles. The largest absolute Gasteiger partial charge is 0.459 e. The summed E-state index contributed by atoms with van der Waals surface area (Å²) in [4.78, 5) is 52.4. The Balaban J connectivity index is 1.71. The first-order valence-corrected chi connectivity index (χ1v) is 13.6. The molecule has 9 heteroatoms. The molecule has 0 spiro atoms. The second kappa shape index (κ2) is 12.1. The van der Waals surface area contributed by atoms with Gasteiger partial charge in [-0.3, -0.25) is 14.4 Å². The summed E-state index contributed by atoms with van der Waals surface area (Å²) < 4.78 is 5.62. The van der Waals surface area contributed by atoms with Crippen LogP contribution in [-0.2, 0) is 25.7 Å². The smallest absolute Gasteiger partial charge is 0.330 e. The van der Waals surface area contributed by atoms with Gasteiger partial charge in [-0.05, 0) is 61.7 Å². The summed E-state index contributed by atoms with van der Waals surface area (Å²) in [5.74, 6) is -0.477. The molecule has 6 nitrogen and oxygen atoms in total. The molecule has 2 aromatic carbocycles. The van der Waals surface area contributed by atoms with Crippen molar-refractivity contribution in [3.8, 4) is 0 Å². The maximum Gasteiger partial charge on any atom is 0.330 e. The minimum Gasteiger partial charge on any atom is -0.459 e. The molecule has 1 aliphatic heterocycles. The number of nitrogens with zero attached hydrogens (tertiary/aromatic N) is 1. The lowest BCUT2D eigenvalue weighted by molar-refractivity contribution is -0.153. The van der Waals surface area contributed by atoms with Gasteiger partial charge in [-0.1, -0.05) is 41.1 Å². The third-order valence-corrected chi connectivity index (χ3v) is 8.01. The number of benzene rings is 2. The lowest BCUT2D eigenvalue weighted by Crippen LogP contribution is -2.47. The summed E-state index contributed by atoms with van der Waals surface area (Å²) in [5.41, 5.74) is 4.59. The second-order valence-corrected chi connectivity index (χ2v) is 11.4. The summed E-state index contributed by atoms with van der Waals surface area (Å²) in [5, 5.41) is -0.700. The number of carbonyl (C=O) groups is 4. The van der Waals surface area contributed by atoms with E-state index in [1.165, 1.54) is 23.6 Å². The Morgan fingerprint density at radius 3 is 2.34 bits per heavy atom. The van der Waals surface area contributed by atoms with Crippen molar-refractivity contribution in [1.82, 2.24) is 4.90 Å². The standard InChI is InChI=1S/C26H28ClNO5S2/c1-15-9-16(2)21(17(3)10-15)12-33-26(32)22-13-34-14-28(22)25(31)24(35-18(4)29)11-23(30)19-5-7-20(27)8-6-19/h5-10,22,24H,11-14H2,1-4H3. The van der Waals surface area contributed by atoms with Gasteiger partial charge in [0, 0.05) is 29.7 Å². The highest BCUT2D eigenvalue weighted by Gasteiger charge is 2.40. The number of rotatable bonds is 8. The maximum atomic E-state index is 13.4. The van der Waals surface area contributed by atoms with Crippen molar-refractivity contribution < 1.29 is 23.9 Å². The lowest BCUT2D eigenvalue weighted by Gasteiger charge is -2.26. The van der Waals surface area contributed by atoms with Crippen LogP contribution < -0.4 is 0 Å². The van der Waals surface area contributed by atoms with Gasteiger partial charge in [-0.2, -0.15) is 0 Å². The molecule has 1 amide bonds. The summed E-state index contributed by atoms with van der Waals surface area (Å²) in [6.07, 6.45) is -0.157. The fourth-order valence-corrected chi connectivity index (χ4v) is 6.17. The zero-order valence-electron chi connectivity index (χ0n) is 20.1. The van der Waals surface area contributed by atoms with Crippen LogP contribution in [0.5, 0.6) is 0 Å². The van der Waals surface area contributed by atoms with Crippen LogP contribution in [0.3, 0.4) is 0 Å². The van der Waals surface area contributed by atoms with Crippen molar-refractivity contribution in [2.75, 3.05) is 11.6 Å². The van der Waals surface area contributed by atoms with Crippen LogP contribution >= 0.6 is 35.1 Å². The van der Waals surface area contributed by atoms with Gasteiger partial charge in [0.05, 0.1) is 11.1 Å². The number of amides is 1. The van der Waals surface area contributed by atoms with Crippen LogP contribution in [0, 0.1) is 20.8 Å². The van der Waals surface area contributed by atoms with Crippen molar-refractivity contribution in [2.24, 2.45) is 0 Å². The first kappa shape index (κ1) is 27.3. The number of esters is 1. The number of aryl methyl sites for hydroxylation is 3. The third kappa shape index (κ3) is 7.12. The summed E-state index contributed by atoms with van der Waals surface area (Å²) in [7, 11) is 0. The van der Waals surface area contributed by atoms with Crippen LogP contribution in [0.4, 0.5) is 0 Å². The predicted molar refractivity (Wildman–Crippen MR) is 141 cm³/mol. The highest BCUT2D eigenvalue weighted by atomic mass is 35.5. The first-order chi connectivity index (χ1) is 16.6. The molecule has 35 heavy (non-hydrogen) atoms. The van der Waals surface area contributed by atoms with Crippen LogP contribution in [0.1, 0.15) is 46.0 Å². The Bertz CT molecular complexity index is 1110. The molecule has 0 N–H and O–H groups in total. The molecular formula is C26H28ClNO5S2. The number of carbonyl (C=O) groups excluding carboxylic acids is 4. The average molecular weight is 534 g/mol. The highest BCUT2D eigenvalue weighted by Crippen LogP contribution is 2.29. The molecule has 2 aromatic rings. The van der Waals surface area contributed by atoms with Crippen molar-refractivity contribution in [2.45, 2.75) is 52.0 Å². The average Bonchev–Trinajstić information content (AvgIpc) is 3.27. The number of hydrogen-bond acceptors (Lipinski definition) is 7. The van der Waals surface area contributed by atoms with E-state index in [-0.39, 0.29) is 23.9 Å². The van der Waals surface area contributed by atoms with E-state index in [1.54, 1.807) is 24.3 Å². The normalized spacial score (nSPS) is 16.1. The van der Waals surface area contributed by atoms with Gasteiger partial charge >= 0.3 is 5.97 Å². The lowest BCUT2D eigenvalue weighted by atomic mass is 10.0. The summed E-state index contributed by atoms with van der Waals surface area (Å²) in [6, 6.07) is 9.70. The van der Waals surface area contributed by atoms with Crippen molar-refractivity contribution >= 4 is 57.9 Å². The molecule has 1 heterocycles. The minimum atomic E-state index is -0.925. The van der Waals surface area contributed by atoms with E-state index < -0.39 is 23.2 Å². The Morgan fingerprint density at radius 1 is 1.11 bits per heavy atom. The van der Waals surface area contributed by atoms with Crippen LogP contribution in [0.25, 0.3) is 0 Å². The van der Waals surface area contributed by atoms with E-state index >= 15 is 0 Å². The molecule has 2 atom stereocenters. The van der Waals surface area contributed by atoms with Gasteiger partial charge in [0.15, 0.2) is 10.9 Å².